The molecular weight excluding hydrogens is 290 g/mol. The van der Waals surface area contributed by atoms with Crippen LogP contribution < -0.4 is 5.32 Å². The summed E-state index contributed by atoms with van der Waals surface area (Å²) in [6, 6.07) is 0.769. The Hall–Kier alpha value is -1.53. The predicted molar refractivity (Wildman–Crippen MR) is 89.0 cm³/mol. The van der Waals surface area contributed by atoms with Gasteiger partial charge in [-0.25, -0.2) is 9.97 Å². The number of piperidine rings is 1. The van der Waals surface area contributed by atoms with Crippen LogP contribution in [0.1, 0.15) is 44.0 Å². The Morgan fingerprint density at radius 1 is 1.43 bits per heavy atom. The summed E-state index contributed by atoms with van der Waals surface area (Å²) in [5.74, 6) is 0.317. The van der Waals surface area contributed by atoms with E-state index in [1.165, 1.54) is 0 Å². The number of likely N-dealkylation sites (N-methyl/N-ethyl adjacent to an activating group) is 1. The molecule has 2 fully saturated rings. The second-order valence-electron chi connectivity index (χ2n) is 6.68. The van der Waals surface area contributed by atoms with Gasteiger partial charge >= 0.3 is 0 Å². The summed E-state index contributed by atoms with van der Waals surface area (Å²) in [7, 11) is 0. The van der Waals surface area contributed by atoms with E-state index < -0.39 is 0 Å². The normalized spacial score (nSPS) is 24.6. The highest BCUT2D eigenvalue weighted by atomic mass is 16.2. The van der Waals surface area contributed by atoms with E-state index in [1.807, 2.05) is 18.0 Å². The first-order valence-corrected chi connectivity index (χ1v) is 8.65. The highest BCUT2D eigenvalue weighted by molar-refractivity contribution is 5.82. The van der Waals surface area contributed by atoms with E-state index >= 15 is 0 Å². The Morgan fingerprint density at radius 3 is 2.91 bits per heavy atom. The number of hydrogen-bond donors (Lipinski definition) is 1. The number of amides is 1. The minimum Gasteiger partial charge on any atom is -0.342 e. The van der Waals surface area contributed by atoms with Crippen LogP contribution in [0.15, 0.2) is 12.5 Å². The maximum Gasteiger partial charge on any atom is 0.239 e. The Labute approximate surface area is 138 Å². The lowest BCUT2D eigenvalue weighted by molar-refractivity contribution is -0.142. The molecule has 0 saturated carbocycles. The van der Waals surface area contributed by atoms with E-state index in [0.29, 0.717) is 11.9 Å². The third-order valence-corrected chi connectivity index (χ3v) is 5.14. The van der Waals surface area contributed by atoms with Crippen LogP contribution in [-0.4, -0.2) is 63.9 Å². The van der Waals surface area contributed by atoms with Crippen molar-refractivity contribution >= 4 is 5.91 Å². The number of nitrogens with zero attached hydrogens (tertiary/aromatic N) is 4. The van der Waals surface area contributed by atoms with E-state index in [-0.39, 0.29) is 12.1 Å². The van der Waals surface area contributed by atoms with E-state index in [4.69, 9.17) is 0 Å². The molecule has 3 rings (SSSR count). The van der Waals surface area contributed by atoms with Gasteiger partial charge in [0, 0.05) is 55.7 Å². The molecule has 6 heteroatoms. The van der Waals surface area contributed by atoms with Crippen LogP contribution in [0.2, 0.25) is 0 Å². The van der Waals surface area contributed by atoms with Gasteiger partial charge in [-0.1, -0.05) is 0 Å². The standard InChI is InChI=1S/C17H27N5O/c1-4-21-7-5-6-16(17(21)23)22-9-14(10-22)20-13(3)15-8-18-11-19-12(15)2/h8,11,13-14,16,20H,4-7,9-10H2,1-3H3. The summed E-state index contributed by atoms with van der Waals surface area (Å²) in [4.78, 5) is 25.1. The largest absolute Gasteiger partial charge is 0.342 e. The molecule has 0 aromatic carbocycles. The van der Waals surface area contributed by atoms with Crippen molar-refractivity contribution in [3.63, 3.8) is 0 Å². The van der Waals surface area contributed by atoms with E-state index in [0.717, 1.165) is 50.3 Å². The number of nitrogens with one attached hydrogen (secondary N) is 1. The SMILES string of the molecule is CCN1CCCC(N2CC(NC(C)c3cncnc3C)C2)C1=O. The Morgan fingerprint density at radius 2 is 2.22 bits per heavy atom. The van der Waals surface area contributed by atoms with Crippen molar-refractivity contribution in [2.45, 2.75) is 51.7 Å². The highest BCUT2D eigenvalue weighted by Crippen LogP contribution is 2.24. The third-order valence-electron chi connectivity index (χ3n) is 5.14. The van der Waals surface area contributed by atoms with Gasteiger partial charge in [0.15, 0.2) is 0 Å². The lowest BCUT2D eigenvalue weighted by atomic mass is 9.96. The van der Waals surface area contributed by atoms with Crippen LogP contribution in [-0.2, 0) is 4.79 Å². The van der Waals surface area contributed by atoms with Crippen molar-refractivity contribution in [2.75, 3.05) is 26.2 Å². The van der Waals surface area contributed by atoms with Crippen LogP contribution >= 0.6 is 0 Å². The van der Waals surface area contributed by atoms with Crippen molar-refractivity contribution in [1.29, 1.82) is 0 Å². The molecule has 0 radical (unpaired) electrons. The fourth-order valence-corrected chi connectivity index (χ4v) is 3.72. The number of aryl methyl sites for hydroxylation is 1. The van der Waals surface area contributed by atoms with Crippen LogP contribution in [0.4, 0.5) is 0 Å². The number of aromatic nitrogens is 2. The second kappa shape index (κ2) is 6.93. The quantitative estimate of drug-likeness (QED) is 0.882. The molecule has 3 heterocycles. The molecule has 1 aromatic rings. The maximum absolute atomic E-state index is 12.4. The van der Waals surface area contributed by atoms with Gasteiger partial charge in [-0.3, -0.25) is 9.69 Å². The molecule has 1 aromatic heterocycles. The Kier molecular flexibility index (Phi) is 4.92. The summed E-state index contributed by atoms with van der Waals surface area (Å²) in [6.45, 7) is 9.88. The number of likely N-dealkylation sites (tertiary alicyclic amines) is 2. The molecule has 23 heavy (non-hydrogen) atoms. The summed E-state index contributed by atoms with van der Waals surface area (Å²) in [5.41, 5.74) is 2.18. The second-order valence-corrected chi connectivity index (χ2v) is 6.68. The molecule has 1 amide bonds. The first-order chi connectivity index (χ1) is 11.1. The van der Waals surface area contributed by atoms with Gasteiger partial charge in [-0.2, -0.15) is 0 Å². The van der Waals surface area contributed by atoms with E-state index in [1.54, 1.807) is 6.33 Å². The maximum atomic E-state index is 12.4. The smallest absolute Gasteiger partial charge is 0.239 e. The predicted octanol–water partition coefficient (Wildman–Crippen LogP) is 1.13. The van der Waals surface area contributed by atoms with Crippen LogP contribution in [0.25, 0.3) is 0 Å². The number of carbonyl (C=O) groups excluding carboxylic acids is 1. The number of rotatable bonds is 5. The first-order valence-electron chi connectivity index (χ1n) is 8.65. The summed E-state index contributed by atoms with van der Waals surface area (Å²) in [6.07, 6.45) is 5.60. The molecule has 2 unspecified atom stereocenters. The minimum atomic E-state index is 0.0962. The van der Waals surface area contributed by atoms with Gasteiger partial charge in [0.2, 0.25) is 5.91 Å². The Bertz CT molecular complexity index is 558. The summed E-state index contributed by atoms with van der Waals surface area (Å²) < 4.78 is 0. The van der Waals surface area contributed by atoms with Crippen LogP contribution in [0, 0.1) is 6.92 Å². The van der Waals surface area contributed by atoms with Crippen molar-refractivity contribution in [1.82, 2.24) is 25.1 Å². The molecule has 0 aliphatic carbocycles. The topological polar surface area (TPSA) is 61.4 Å². The average Bonchev–Trinajstić information content (AvgIpc) is 2.51. The molecule has 0 spiro atoms. The van der Waals surface area contributed by atoms with Gasteiger partial charge in [-0.15, -0.1) is 0 Å². The molecule has 6 nitrogen and oxygen atoms in total. The van der Waals surface area contributed by atoms with E-state index in [2.05, 4.69) is 34.0 Å². The van der Waals surface area contributed by atoms with Gasteiger partial charge in [-0.05, 0) is 33.6 Å². The lowest BCUT2D eigenvalue weighted by Crippen LogP contribution is -2.65. The molecule has 0 bridgehead atoms. The summed E-state index contributed by atoms with van der Waals surface area (Å²) in [5, 5.41) is 3.64. The third kappa shape index (κ3) is 3.38. The fourth-order valence-electron chi connectivity index (χ4n) is 3.72. The van der Waals surface area contributed by atoms with Crippen molar-refractivity contribution in [3.05, 3.63) is 23.8 Å². The van der Waals surface area contributed by atoms with Crippen molar-refractivity contribution < 1.29 is 4.79 Å². The number of carbonyl (C=O) groups is 1. The molecule has 1 N–H and O–H groups in total. The van der Waals surface area contributed by atoms with E-state index in [9.17, 15) is 4.79 Å². The minimum absolute atomic E-state index is 0.0962. The average molecular weight is 317 g/mol. The lowest BCUT2D eigenvalue weighted by Gasteiger charge is -2.47. The van der Waals surface area contributed by atoms with Gasteiger partial charge in [0.05, 0.1) is 6.04 Å². The van der Waals surface area contributed by atoms with Crippen LogP contribution in [0.5, 0.6) is 0 Å². The summed E-state index contributed by atoms with van der Waals surface area (Å²) >= 11 is 0. The molecular formula is C17H27N5O. The van der Waals surface area contributed by atoms with Crippen molar-refractivity contribution in [3.8, 4) is 0 Å². The van der Waals surface area contributed by atoms with Gasteiger partial charge in [0.25, 0.3) is 0 Å². The van der Waals surface area contributed by atoms with Gasteiger partial charge < -0.3 is 10.2 Å². The number of hydrogen-bond acceptors (Lipinski definition) is 5. The van der Waals surface area contributed by atoms with Crippen molar-refractivity contribution in [2.24, 2.45) is 0 Å². The zero-order valence-corrected chi connectivity index (χ0v) is 14.3. The first kappa shape index (κ1) is 16.3. The Balaban J connectivity index is 1.51. The van der Waals surface area contributed by atoms with Gasteiger partial charge in [0.1, 0.15) is 6.33 Å². The fraction of sp³-hybridized carbons (Fsp3) is 0.706. The monoisotopic (exact) mass is 317 g/mol. The van der Waals surface area contributed by atoms with Crippen LogP contribution in [0.3, 0.4) is 0 Å². The zero-order chi connectivity index (χ0) is 16.4. The molecule has 126 valence electrons. The molecule has 2 saturated heterocycles. The highest BCUT2D eigenvalue weighted by Gasteiger charge is 2.39. The molecule has 2 aliphatic rings. The molecule has 2 aliphatic heterocycles. The zero-order valence-electron chi connectivity index (χ0n) is 14.3. The molecule has 2 atom stereocenters.